The molecule has 0 amide bonds. The normalized spacial score (nSPS) is 11.0. The molecule has 112 valence electrons. The van der Waals surface area contributed by atoms with Gasteiger partial charge in [-0.25, -0.2) is 0 Å². The SMILES string of the molecule is CC(C)CNCc1cccc(SCc2ccccc2Br)c1. The van der Waals surface area contributed by atoms with E-state index in [1.165, 1.54) is 20.5 Å². The fourth-order valence-corrected chi connectivity index (χ4v) is 3.62. The van der Waals surface area contributed by atoms with Crippen LogP contribution in [0.1, 0.15) is 25.0 Å². The molecule has 0 bridgehead atoms. The molecule has 0 aromatic heterocycles. The van der Waals surface area contributed by atoms with Gasteiger partial charge in [0.25, 0.3) is 0 Å². The van der Waals surface area contributed by atoms with Crippen molar-refractivity contribution < 1.29 is 0 Å². The number of halogens is 1. The van der Waals surface area contributed by atoms with E-state index in [0.717, 1.165) is 18.8 Å². The third-order valence-electron chi connectivity index (χ3n) is 3.13. The maximum atomic E-state index is 3.61. The van der Waals surface area contributed by atoms with Gasteiger partial charge >= 0.3 is 0 Å². The van der Waals surface area contributed by atoms with Crippen molar-refractivity contribution in [1.82, 2.24) is 5.32 Å². The molecule has 2 aromatic rings. The molecule has 0 saturated carbocycles. The molecule has 1 nitrogen and oxygen atoms in total. The summed E-state index contributed by atoms with van der Waals surface area (Å²) in [6, 6.07) is 17.2. The van der Waals surface area contributed by atoms with Gasteiger partial charge in [-0.05, 0) is 41.8 Å². The third-order valence-corrected chi connectivity index (χ3v) is 4.95. The van der Waals surface area contributed by atoms with Crippen molar-refractivity contribution in [3.63, 3.8) is 0 Å². The fraction of sp³-hybridized carbons (Fsp3) is 0.333. The lowest BCUT2D eigenvalue weighted by Crippen LogP contribution is -2.18. The Labute approximate surface area is 140 Å². The second kappa shape index (κ2) is 8.62. The monoisotopic (exact) mass is 363 g/mol. The van der Waals surface area contributed by atoms with E-state index < -0.39 is 0 Å². The summed E-state index contributed by atoms with van der Waals surface area (Å²) in [4.78, 5) is 1.33. The van der Waals surface area contributed by atoms with Crippen LogP contribution < -0.4 is 5.32 Å². The highest BCUT2D eigenvalue weighted by molar-refractivity contribution is 9.10. The van der Waals surface area contributed by atoms with Crippen molar-refractivity contribution in [2.75, 3.05) is 6.54 Å². The van der Waals surface area contributed by atoms with Gasteiger partial charge in [-0.1, -0.05) is 60.1 Å². The van der Waals surface area contributed by atoms with E-state index in [4.69, 9.17) is 0 Å². The van der Waals surface area contributed by atoms with Gasteiger partial charge in [0.1, 0.15) is 0 Å². The summed E-state index contributed by atoms with van der Waals surface area (Å²) in [5.41, 5.74) is 2.69. The van der Waals surface area contributed by atoms with Crippen molar-refractivity contribution in [2.24, 2.45) is 5.92 Å². The molecule has 0 spiro atoms. The predicted octanol–water partition coefficient (Wildman–Crippen LogP) is 5.49. The summed E-state index contributed by atoms with van der Waals surface area (Å²) < 4.78 is 1.19. The second-order valence-electron chi connectivity index (χ2n) is 5.55. The van der Waals surface area contributed by atoms with Gasteiger partial charge in [0.05, 0.1) is 0 Å². The van der Waals surface area contributed by atoms with Crippen molar-refractivity contribution >= 4 is 27.7 Å². The molecule has 2 rings (SSSR count). The second-order valence-corrected chi connectivity index (χ2v) is 7.46. The summed E-state index contributed by atoms with van der Waals surface area (Å²) in [6.07, 6.45) is 0. The van der Waals surface area contributed by atoms with E-state index in [0.29, 0.717) is 5.92 Å². The average molecular weight is 364 g/mol. The lowest BCUT2D eigenvalue weighted by molar-refractivity contribution is 0.552. The Bertz CT molecular complexity index is 569. The zero-order chi connectivity index (χ0) is 15.1. The smallest absolute Gasteiger partial charge is 0.0243 e. The van der Waals surface area contributed by atoms with E-state index in [9.17, 15) is 0 Å². The number of thioether (sulfide) groups is 1. The van der Waals surface area contributed by atoms with Gasteiger partial charge in [-0.15, -0.1) is 11.8 Å². The lowest BCUT2D eigenvalue weighted by Gasteiger charge is -2.09. The molecule has 21 heavy (non-hydrogen) atoms. The minimum Gasteiger partial charge on any atom is -0.312 e. The highest BCUT2D eigenvalue weighted by atomic mass is 79.9. The van der Waals surface area contributed by atoms with E-state index >= 15 is 0 Å². The molecule has 0 saturated heterocycles. The van der Waals surface area contributed by atoms with Crippen LogP contribution in [0, 0.1) is 5.92 Å². The third kappa shape index (κ3) is 5.85. The summed E-state index contributed by atoms with van der Waals surface area (Å²) in [6.45, 7) is 6.48. The Balaban J connectivity index is 1.90. The van der Waals surface area contributed by atoms with Crippen molar-refractivity contribution in [2.45, 2.75) is 31.0 Å². The van der Waals surface area contributed by atoms with Crippen LogP contribution in [0.2, 0.25) is 0 Å². The number of nitrogens with one attached hydrogen (secondary N) is 1. The van der Waals surface area contributed by atoms with Crippen LogP contribution in [0.3, 0.4) is 0 Å². The topological polar surface area (TPSA) is 12.0 Å². The molecule has 2 aromatic carbocycles. The Morgan fingerprint density at radius 1 is 1.10 bits per heavy atom. The average Bonchev–Trinajstić information content (AvgIpc) is 2.46. The molecule has 0 radical (unpaired) electrons. The van der Waals surface area contributed by atoms with E-state index in [-0.39, 0.29) is 0 Å². The molecule has 0 atom stereocenters. The van der Waals surface area contributed by atoms with Gasteiger partial charge in [0, 0.05) is 21.7 Å². The van der Waals surface area contributed by atoms with Crippen LogP contribution in [0.25, 0.3) is 0 Å². The molecular formula is C18H22BrNS. The molecule has 0 heterocycles. The zero-order valence-corrected chi connectivity index (χ0v) is 15.0. The Kier molecular flexibility index (Phi) is 6.81. The van der Waals surface area contributed by atoms with Crippen molar-refractivity contribution in [3.05, 3.63) is 64.1 Å². The van der Waals surface area contributed by atoms with E-state index in [2.05, 4.69) is 83.6 Å². The predicted molar refractivity (Wildman–Crippen MR) is 96.7 cm³/mol. The van der Waals surface area contributed by atoms with Gasteiger partial charge in [0.15, 0.2) is 0 Å². The van der Waals surface area contributed by atoms with Gasteiger partial charge in [-0.3, -0.25) is 0 Å². The summed E-state index contributed by atoms with van der Waals surface area (Å²) in [7, 11) is 0. The largest absolute Gasteiger partial charge is 0.312 e. The van der Waals surface area contributed by atoms with E-state index in [1.54, 1.807) is 0 Å². The van der Waals surface area contributed by atoms with Gasteiger partial charge < -0.3 is 5.32 Å². The molecule has 3 heteroatoms. The number of hydrogen-bond donors (Lipinski definition) is 1. The number of benzene rings is 2. The first-order valence-corrected chi connectivity index (χ1v) is 9.09. The Hall–Kier alpha value is -0.770. The van der Waals surface area contributed by atoms with Crippen LogP contribution in [-0.4, -0.2) is 6.54 Å². The standard InChI is InChI=1S/C18H22BrNS/c1-14(2)11-20-12-15-6-5-8-17(10-15)21-13-16-7-3-4-9-18(16)19/h3-10,14,20H,11-13H2,1-2H3. The fourth-order valence-electron chi connectivity index (χ4n) is 2.03. The molecule has 0 aliphatic heterocycles. The highest BCUT2D eigenvalue weighted by Crippen LogP contribution is 2.27. The number of hydrogen-bond acceptors (Lipinski definition) is 2. The molecule has 0 fully saturated rings. The molecular weight excluding hydrogens is 342 g/mol. The van der Waals surface area contributed by atoms with Gasteiger partial charge in [0.2, 0.25) is 0 Å². The van der Waals surface area contributed by atoms with Gasteiger partial charge in [-0.2, -0.15) is 0 Å². The molecule has 0 unspecified atom stereocenters. The zero-order valence-electron chi connectivity index (χ0n) is 12.6. The van der Waals surface area contributed by atoms with Crippen molar-refractivity contribution in [1.29, 1.82) is 0 Å². The molecule has 0 aliphatic rings. The minimum atomic E-state index is 0.693. The van der Waals surface area contributed by atoms with Crippen LogP contribution in [0.15, 0.2) is 57.9 Å². The van der Waals surface area contributed by atoms with Crippen LogP contribution in [-0.2, 0) is 12.3 Å². The summed E-state index contributed by atoms with van der Waals surface area (Å²) >= 11 is 5.49. The first kappa shape index (κ1) is 16.6. The quantitative estimate of drug-likeness (QED) is 0.652. The highest BCUT2D eigenvalue weighted by Gasteiger charge is 2.02. The molecule has 0 aliphatic carbocycles. The first-order valence-electron chi connectivity index (χ1n) is 7.31. The minimum absolute atomic E-state index is 0.693. The summed E-state index contributed by atoms with van der Waals surface area (Å²) in [5, 5.41) is 3.49. The van der Waals surface area contributed by atoms with Crippen LogP contribution >= 0.6 is 27.7 Å². The Morgan fingerprint density at radius 2 is 1.90 bits per heavy atom. The number of rotatable bonds is 7. The maximum absolute atomic E-state index is 3.61. The Morgan fingerprint density at radius 3 is 2.67 bits per heavy atom. The first-order chi connectivity index (χ1) is 10.1. The van der Waals surface area contributed by atoms with E-state index in [1.807, 2.05) is 11.8 Å². The summed E-state index contributed by atoms with van der Waals surface area (Å²) in [5.74, 6) is 1.68. The van der Waals surface area contributed by atoms with Crippen LogP contribution in [0.5, 0.6) is 0 Å². The van der Waals surface area contributed by atoms with Crippen molar-refractivity contribution in [3.8, 4) is 0 Å². The lowest BCUT2D eigenvalue weighted by atomic mass is 10.2. The molecule has 1 N–H and O–H groups in total. The van der Waals surface area contributed by atoms with Crippen LogP contribution in [0.4, 0.5) is 0 Å². The maximum Gasteiger partial charge on any atom is 0.0243 e.